The number of pyridine rings is 1. The number of hydrogen-bond donors (Lipinski definition) is 1. The first-order valence-corrected chi connectivity index (χ1v) is 9.65. The number of esters is 1. The summed E-state index contributed by atoms with van der Waals surface area (Å²) in [6, 6.07) is 15.4. The first-order chi connectivity index (χ1) is 13.2. The van der Waals surface area contributed by atoms with E-state index in [4.69, 9.17) is 4.74 Å². The Kier molecular flexibility index (Phi) is 5.94. The predicted molar refractivity (Wildman–Crippen MR) is 105 cm³/mol. The fourth-order valence-corrected chi connectivity index (χ4v) is 3.66. The molecular weight excluding hydrogens is 358 g/mol. The van der Waals surface area contributed by atoms with Gasteiger partial charge in [-0.3, -0.25) is 4.98 Å². The van der Waals surface area contributed by atoms with Crippen LogP contribution < -0.4 is 5.32 Å². The van der Waals surface area contributed by atoms with Crippen molar-refractivity contribution in [3.05, 3.63) is 87.9 Å². The first kappa shape index (κ1) is 18.7. The van der Waals surface area contributed by atoms with Gasteiger partial charge in [0.25, 0.3) is 0 Å². The van der Waals surface area contributed by atoms with Crippen molar-refractivity contribution >= 4 is 17.7 Å². The van der Waals surface area contributed by atoms with Crippen molar-refractivity contribution in [2.24, 2.45) is 0 Å². The average molecular weight is 377 g/mol. The van der Waals surface area contributed by atoms with E-state index in [0.29, 0.717) is 16.8 Å². The van der Waals surface area contributed by atoms with E-state index in [0.717, 1.165) is 16.2 Å². The maximum Gasteiger partial charge on any atom is 0.337 e. The van der Waals surface area contributed by atoms with Crippen LogP contribution in [0.2, 0.25) is 0 Å². The average Bonchev–Trinajstić information content (AvgIpc) is 2.72. The van der Waals surface area contributed by atoms with Crippen LogP contribution in [0.5, 0.6) is 0 Å². The number of thioether (sulfide) groups is 1. The van der Waals surface area contributed by atoms with Crippen molar-refractivity contribution in [2.75, 3.05) is 6.26 Å². The molecule has 2 aromatic rings. The highest BCUT2D eigenvalue weighted by atomic mass is 32.2. The molecule has 0 bridgehead atoms. The lowest BCUT2D eigenvalue weighted by atomic mass is 9.83. The second-order valence-corrected chi connectivity index (χ2v) is 6.82. The molecule has 0 fully saturated rings. The number of rotatable bonds is 5. The summed E-state index contributed by atoms with van der Waals surface area (Å²) in [5, 5.41) is 13.7. The third kappa shape index (κ3) is 4.04. The number of nitrogens with zero attached hydrogens (tertiary/aromatic N) is 2. The lowest BCUT2D eigenvalue weighted by Crippen LogP contribution is -2.28. The maximum absolute atomic E-state index is 12.9. The molecule has 1 unspecified atom stereocenters. The van der Waals surface area contributed by atoms with Gasteiger partial charge in [-0.2, -0.15) is 5.26 Å². The third-order valence-corrected chi connectivity index (χ3v) is 5.03. The number of dihydropyridines is 1. The summed E-state index contributed by atoms with van der Waals surface area (Å²) in [6.07, 6.45) is 5.24. The topological polar surface area (TPSA) is 75.0 Å². The smallest absolute Gasteiger partial charge is 0.337 e. The molecule has 6 heteroatoms. The van der Waals surface area contributed by atoms with Crippen molar-refractivity contribution in [3.63, 3.8) is 0 Å². The summed E-state index contributed by atoms with van der Waals surface area (Å²) in [5.41, 5.74) is 3.31. The fourth-order valence-electron chi connectivity index (χ4n) is 3.03. The Balaban J connectivity index is 1.96. The minimum atomic E-state index is -0.504. The quantitative estimate of drug-likeness (QED) is 0.797. The summed E-state index contributed by atoms with van der Waals surface area (Å²) in [6.45, 7) is 2.00. The van der Waals surface area contributed by atoms with Crippen LogP contribution in [0.4, 0.5) is 0 Å². The number of nitriles is 1. The Labute approximate surface area is 162 Å². The van der Waals surface area contributed by atoms with Gasteiger partial charge in [0, 0.05) is 18.1 Å². The molecule has 27 heavy (non-hydrogen) atoms. The van der Waals surface area contributed by atoms with Crippen LogP contribution in [-0.4, -0.2) is 17.2 Å². The molecular formula is C21H19N3O2S. The number of nitrogens with one attached hydrogen (secondary N) is 1. The molecule has 1 aliphatic heterocycles. The fraction of sp³-hybridized carbons (Fsp3) is 0.190. The standard InChI is InChI=1S/C21H19N3O2S/c1-14-18(21(25)26-13-15-7-4-3-5-8-15)19(16-9-6-10-23-12-16)17(11-22)20(24-14)27-2/h3-10,12,19,24H,13H2,1-2H3. The molecule has 0 aliphatic carbocycles. The minimum absolute atomic E-state index is 0.178. The van der Waals surface area contributed by atoms with Crippen LogP contribution in [-0.2, 0) is 16.1 Å². The normalized spacial score (nSPS) is 16.6. The second-order valence-electron chi connectivity index (χ2n) is 6.00. The number of carbonyl (C=O) groups excluding carboxylic acids is 1. The molecule has 1 aliphatic rings. The van der Waals surface area contributed by atoms with Crippen LogP contribution in [0.1, 0.15) is 24.0 Å². The van der Waals surface area contributed by atoms with E-state index < -0.39 is 11.9 Å². The number of allylic oxidation sites excluding steroid dienone is 2. The van der Waals surface area contributed by atoms with Gasteiger partial charge in [-0.15, -0.1) is 11.8 Å². The third-order valence-electron chi connectivity index (χ3n) is 4.30. The van der Waals surface area contributed by atoms with Crippen molar-refractivity contribution in [1.82, 2.24) is 10.3 Å². The molecule has 1 atom stereocenters. The molecule has 0 saturated heterocycles. The van der Waals surface area contributed by atoms with Crippen LogP contribution in [0.3, 0.4) is 0 Å². The highest BCUT2D eigenvalue weighted by molar-refractivity contribution is 8.02. The second kappa shape index (κ2) is 8.56. The Morgan fingerprint density at radius 3 is 2.70 bits per heavy atom. The summed E-state index contributed by atoms with van der Waals surface area (Å²) >= 11 is 1.44. The van der Waals surface area contributed by atoms with E-state index in [1.54, 1.807) is 18.5 Å². The van der Waals surface area contributed by atoms with Crippen LogP contribution in [0.15, 0.2) is 76.7 Å². The zero-order valence-corrected chi connectivity index (χ0v) is 15.9. The van der Waals surface area contributed by atoms with E-state index in [2.05, 4.69) is 16.4 Å². The monoisotopic (exact) mass is 377 g/mol. The van der Waals surface area contributed by atoms with E-state index in [1.807, 2.05) is 49.6 Å². The highest BCUT2D eigenvalue weighted by Crippen LogP contribution is 2.40. The van der Waals surface area contributed by atoms with Gasteiger partial charge in [0.1, 0.15) is 6.61 Å². The number of aromatic nitrogens is 1. The molecule has 136 valence electrons. The maximum atomic E-state index is 12.9. The summed E-state index contributed by atoms with van der Waals surface area (Å²) in [5.74, 6) is -0.943. The minimum Gasteiger partial charge on any atom is -0.457 e. The highest BCUT2D eigenvalue weighted by Gasteiger charge is 2.35. The van der Waals surface area contributed by atoms with Gasteiger partial charge >= 0.3 is 5.97 Å². The van der Waals surface area contributed by atoms with Gasteiger partial charge in [0.15, 0.2) is 0 Å². The molecule has 1 aromatic carbocycles. The van der Waals surface area contributed by atoms with Crippen molar-refractivity contribution in [3.8, 4) is 6.07 Å². The molecule has 5 nitrogen and oxygen atoms in total. The molecule has 1 aromatic heterocycles. The van der Waals surface area contributed by atoms with Gasteiger partial charge in [-0.25, -0.2) is 4.79 Å². The Morgan fingerprint density at radius 2 is 2.07 bits per heavy atom. The predicted octanol–water partition coefficient (Wildman–Crippen LogP) is 3.88. The molecule has 1 N–H and O–H groups in total. The van der Waals surface area contributed by atoms with E-state index in [-0.39, 0.29) is 6.61 Å². The van der Waals surface area contributed by atoms with E-state index in [9.17, 15) is 10.1 Å². The molecule has 3 rings (SSSR count). The van der Waals surface area contributed by atoms with Crippen LogP contribution in [0, 0.1) is 11.3 Å². The van der Waals surface area contributed by atoms with Crippen molar-refractivity contribution in [1.29, 1.82) is 5.26 Å². The van der Waals surface area contributed by atoms with Crippen molar-refractivity contribution < 1.29 is 9.53 Å². The number of ether oxygens (including phenoxy) is 1. The Hall–Kier alpha value is -3.04. The molecule has 0 saturated carbocycles. The summed E-state index contributed by atoms with van der Waals surface area (Å²) in [4.78, 5) is 17.1. The zero-order chi connectivity index (χ0) is 19.2. The number of benzene rings is 1. The van der Waals surface area contributed by atoms with Gasteiger partial charge in [-0.1, -0.05) is 36.4 Å². The number of carbonyl (C=O) groups is 1. The van der Waals surface area contributed by atoms with Gasteiger partial charge < -0.3 is 10.1 Å². The Morgan fingerprint density at radius 1 is 1.30 bits per heavy atom. The zero-order valence-electron chi connectivity index (χ0n) is 15.1. The lowest BCUT2D eigenvalue weighted by Gasteiger charge is -2.28. The Bertz CT molecular complexity index is 931. The summed E-state index contributed by atoms with van der Waals surface area (Å²) < 4.78 is 5.56. The largest absolute Gasteiger partial charge is 0.457 e. The molecule has 0 amide bonds. The van der Waals surface area contributed by atoms with E-state index >= 15 is 0 Å². The molecule has 0 spiro atoms. The number of hydrogen-bond acceptors (Lipinski definition) is 6. The lowest BCUT2D eigenvalue weighted by molar-refractivity contribution is -0.140. The summed E-state index contributed by atoms with van der Waals surface area (Å²) in [7, 11) is 0. The first-order valence-electron chi connectivity index (χ1n) is 8.42. The van der Waals surface area contributed by atoms with E-state index in [1.165, 1.54) is 11.8 Å². The molecule has 2 heterocycles. The van der Waals surface area contributed by atoms with Gasteiger partial charge in [0.05, 0.1) is 28.2 Å². The molecule has 0 radical (unpaired) electrons. The van der Waals surface area contributed by atoms with Crippen LogP contribution in [0.25, 0.3) is 0 Å². The SMILES string of the molecule is CSC1=C(C#N)C(c2cccnc2)C(C(=O)OCc2ccccc2)=C(C)N1. The van der Waals surface area contributed by atoms with Gasteiger partial charge in [0.2, 0.25) is 0 Å². The van der Waals surface area contributed by atoms with Crippen LogP contribution >= 0.6 is 11.8 Å². The van der Waals surface area contributed by atoms with Crippen molar-refractivity contribution in [2.45, 2.75) is 19.4 Å². The van der Waals surface area contributed by atoms with Gasteiger partial charge in [-0.05, 0) is 30.4 Å².